The van der Waals surface area contributed by atoms with Gasteiger partial charge in [-0.05, 0) is 25.7 Å². The Balaban J connectivity index is 1.60. The summed E-state index contributed by atoms with van der Waals surface area (Å²) in [6.07, 6.45) is 2.27. The second kappa shape index (κ2) is 5.79. The summed E-state index contributed by atoms with van der Waals surface area (Å²) >= 11 is 0. The lowest BCUT2D eigenvalue weighted by molar-refractivity contribution is -0.176. The van der Waals surface area contributed by atoms with Crippen molar-refractivity contribution in [1.82, 2.24) is 15.3 Å². The fourth-order valence-corrected chi connectivity index (χ4v) is 2.59. The third-order valence-corrected chi connectivity index (χ3v) is 4.05. The van der Waals surface area contributed by atoms with E-state index in [4.69, 9.17) is 0 Å². The van der Waals surface area contributed by atoms with Gasteiger partial charge in [-0.25, -0.2) is 4.98 Å². The minimum absolute atomic E-state index is 0.0160. The molecule has 0 bridgehead atoms. The molecule has 2 fully saturated rings. The van der Waals surface area contributed by atoms with Crippen LogP contribution in [0.3, 0.4) is 0 Å². The van der Waals surface area contributed by atoms with Crippen LogP contribution >= 0.6 is 0 Å². The zero-order valence-corrected chi connectivity index (χ0v) is 11.7. The monoisotopic (exact) mass is 300 g/mol. The first-order valence-corrected chi connectivity index (χ1v) is 7.38. The molecular formula is C14H19F3N4. The van der Waals surface area contributed by atoms with Crippen molar-refractivity contribution in [3.63, 3.8) is 0 Å². The third-order valence-electron chi connectivity index (χ3n) is 4.05. The van der Waals surface area contributed by atoms with Crippen LogP contribution in [-0.4, -0.2) is 35.3 Å². The summed E-state index contributed by atoms with van der Waals surface area (Å²) < 4.78 is 38.4. The second-order valence-corrected chi connectivity index (χ2v) is 5.85. The first-order chi connectivity index (χ1) is 10.0. The van der Waals surface area contributed by atoms with Crippen LogP contribution in [-0.2, 0) is 6.54 Å². The molecule has 116 valence electrons. The molecule has 21 heavy (non-hydrogen) atoms. The van der Waals surface area contributed by atoms with E-state index < -0.39 is 12.1 Å². The number of hydrogen-bond donors (Lipinski definition) is 1. The zero-order chi connectivity index (χ0) is 14.9. The Morgan fingerprint density at radius 2 is 2.00 bits per heavy atom. The number of rotatable bonds is 4. The summed E-state index contributed by atoms with van der Waals surface area (Å²) in [6.45, 7) is 1.27. The predicted molar refractivity (Wildman–Crippen MR) is 72.9 cm³/mol. The van der Waals surface area contributed by atoms with Gasteiger partial charge in [0.2, 0.25) is 0 Å². The molecule has 1 unspecified atom stereocenters. The predicted octanol–water partition coefficient (Wildman–Crippen LogP) is 2.51. The van der Waals surface area contributed by atoms with Crippen molar-refractivity contribution in [2.75, 3.05) is 18.0 Å². The molecule has 1 atom stereocenters. The highest BCUT2D eigenvalue weighted by Gasteiger charge is 2.42. The summed E-state index contributed by atoms with van der Waals surface area (Å²) in [6, 6.07) is 0.598. The average Bonchev–Trinajstić information content (AvgIpc) is 3.29. The SMILES string of the molecule is FC(F)(F)C1CCCN(c2cnc(CNC3CC3)cn2)C1. The van der Waals surface area contributed by atoms with E-state index in [-0.39, 0.29) is 13.0 Å². The van der Waals surface area contributed by atoms with Gasteiger partial charge in [-0.2, -0.15) is 13.2 Å². The molecule has 2 aliphatic rings. The number of hydrogen-bond acceptors (Lipinski definition) is 4. The van der Waals surface area contributed by atoms with Crippen LogP contribution in [0.25, 0.3) is 0 Å². The number of aromatic nitrogens is 2. The molecule has 1 saturated heterocycles. The topological polar surface area (TPSA) is 41.1 Å². The summed E-state index contributed by atoms with van der Waals surface area (Å²) in [4.78, 5) is 10.3. The number of nitrogens with one attached hydrogen (secondary N) is 1. The van der Waals surface area contributed by atoms with E-state index in [2.05, 4.69) is 15.3 Å². The normalized spacial score (nSPS) is 23.4. The minimum Gasteiger partial charge on any atom is -0.355 e. The molecule has 2 heterocycles. The quantitative estimate of drug-likeness (QED) is 0.927. The average molecular weight is 300 g/mol. The molecule has 0 aromatic carbocycles. The Labute approximate surface area is 121 Å². The summed E-state index contributed by atoms with van der Waals surface area (Å²) in [7, 11) is 0. The lowest BCUT2D eigenvalue weighted by Crippen LogP contribution is -2.42. The molecule has 0 amide bonds. The van der Waals surface area contributed by atoms with Crippen molar-refractivity contribution in [3.05, 3.63) is 18.1 Å². The van der Waals surface area contributed by atoms with Crippen LogP contribution in [0, 0.1) is 5.92 Å². The highest BCUT2D eigenvalue weighted by atomic mass is 19.4. The molecule has 3 rings (SSSR count). The first-order valence-electron chi connectivity index (χ1n) is 7.38. The number of piperidine rings is 1. The fourth-order valence-electron chi connectivity index (χ4n) is 2.59. The van der Waals surface area contributed by atoms with Crippen LogP contribution in [0.2, 0.25) is 0 Å². The van der Waals surface area contributed by atoms with E-state index in [1.54, 1.807) is 17.3 Å². The highest BCUT2D eigenvalue weighted by Crippen LogP contribution is 2.34. The van der Waals surface area contributed by atoms with E-state index in [1.807, 2.05) is 0 Å². The molecule has 1 aliphatic heterocycles. The van der Waals surface area contributed by atoms with E-state index in [1.165, 1.54) is 12.8 Å². The van der Waals surface area contributed by atoms with Crippen molar-refractivity contribution in [2.45, 2.75) is 44.4 Å². The van der Waals surface area contributed by atoms with Crippen molar-refractivity contribution in [3.8, 4) is 0 Å². The third kappa shape index (κ3) is 3.84. The van der Waals surface area contributed by atoms with Crippen LogP contribution in [0.5, 0.6) is 0 Å². The minimum atomic E-state index is -4.12. The Hall–Kier alpha value is -1.37. The van der Waals surface area contributed by atoms with E-state index >= 15 is 0 Å². The molecule has 0 spiro atoms. The Morgan fingerprint density at radius 3 is 2.62 bits per heavy atom. The van der Waals surface area contributed by atoms with Crippen molar-refractivity contribution >= 4 is 5.82 Å². The maximum Gasteiger partial charge on any atom is 0.393 e. The first kappa shape index (κ1) is 14.6. The van der Waals surface area contributed by atoms with E-state index in [0.717, 1.165) is 5.69 Å². The summed E-state index contributed by atoms with van der Waals surface area (Å²) in [5, 5.41) is 3.33. The van der Waals surface area contributed by atoms with Crippen LogP contribution in [0.4, 0.5) is 19.0 Å². The van der Waals surface area contributed by atoms with Gasteiger partial charge in [0.25, 0.3) is 0 Å². The Kier molecular flexibility index (Phi) is 4.01. The second-order valence-electron chi connectivity index (χ2n) is 5.85. The van der Waals surface area contributed by atoms with E-state index in [0.29, 0.717) is 31.4 Å². The largest absolute Gasteiger partial charge is 0.393 e. The Morgan fingerprint density at radius 1 is 1.19 bits per heavy atom. The van der Waals surface area contributed by atoms with Gasteiger partial charge in [-0.15, -0.1) is 0 Å². The van der Waals surface area contributed by atoms with Crippen molar-refractivity contribution < 1.29 is 13.2 Å². The van der Waals surface area contributed by atoms with Gasteiger partial charge in [0.1, 0.15) is 5.82 Å². The molecule has 1 N–H and O–H groups in total. The standard InChI is InChI=1S/C14H19F3N4/c15-14(16,17)10-2-1-5-21(9-10)13-8-19-12(7-20-13)6-18-11-3-4-11/h7-8,10-11,18H,1-6,9H2. The molecule has 0 radical (unpaired) electrons. The summed E-state index contributed by atoms with van der Waals surface area (Å²) in [5.74, 6) is -0.719. The zero-order valence-electron chi connectivity index (χ0n) is 11.7. The van der Waals surface area contributed by atoms with Gasteiger partial charge < -0.3 is 10.2 Å². The van der Waals surface area contributed by atoms with Crippen molar-refractivity contribution in [1.29, 1.82) is 0 Å². The van der Waals surface area contributed by atoms with Crippen LogP contribution in [0.1, 0.15) is 31.4 Å². The van der Waals surface area contributed by atoms with Gasteiger partial charge in [0.05, 0.1) is 24.0 Å². The summed E-state index contributed by atoms with van der Waals surface area (Å²) in [5.41, 5.74) is 0.829. The van der Waals surface area contributed by atoms with Gasteiger partial charge in [-0.1, -0.05) is 0 Å². The molecule has 4 nitrogen and oxygen atoms in total. The number of alkyl halides is 3. The number of nitrogens with zero attached hydrogens (tertiary/aromatic N) is 3. The number of halogens is 3. The Bertz CT molecular complexity index is 470. The molecular weight excluding hydrogens is 281 g/mol. The fraction of sp³-hybridized carbons (Fsp3) is 0.714. The van der Waals surface area contributed by atoms with Gasteiger partial charge in [0.15, 0.2) is 0 Å². The highest BCUT2D eigenvalue weighted by molar-refractivity contribution is 5.36. The van der Waals surface area contributed by atoms with Gasteiger partial charge in [-0.3, -0.25) is 4.98 Å². The van der Waals surface area contributed by atoms with Crippen LogP contribution < -0.4 is 10.2 Å². The smallest absolute Gasteiger partial charge is 0.355 e. The molecule has 7 heteroatoms. The van der Waals surface area contributed by atoms with Gasteiger partial charge >= 0.3 is 6.18 Å². The maximum absolute atomic E-state index is 12.8. The lowest BCUT2D eigenvalue weighted by atomic mass is 9.97. The van der Waals surface area contributed by atoms with Crippen molar-refractivity contribution in [2.24, 2.45) is 5.92 Å². The lowest BCUT2D eigenvalue weighted by Gasteiger charge is -2.34. The maximum atomic E-state index is 12.8. The molecule has 1 aliphatic carbocycles. The molecule has 1 aromatic rings. The molecule has 1 aromatic heterocycles. The van der Waals surface area contributed by atoms with E-state index in [9.17, 15) is 13.2 Å². The van der Waals surface area contributed by atoms with Crippen LogP contribution in [0.15, 0.2) is 12.4 Å². The number of anilines is 1. The van der Waals surface area contributed by atoms with Gasteiger partial charge in [0, 0.05) is 25.7 Å². The molecule has 1 saturated carbocycles.